The van der Waals surface area contributed by atoms with Crippen molar-refractivity contribution in [2.24, 2.45) is 0 Å². The molecule has 86 valence electrons. The van der Waals surface area contributed by atoms with Crippen LogP contribution in [-0.4, -0.2) is 25.2 Å². The van der Waals surface area contributed by atoms with Gasteiger partial charge in [0, 0.05) is 16.7 Å². The molecule has 0 aliphatic heterocycles. The van der Waals surface area contributed by atoms with Crippen molar-refractivity contribution in [1.82, 2.24) is 5.32 Å². The summed E-state index contributed by atoms with van der Waals surface area (Å²) in [6.45, 7) is 4.30. The molecule has 1 heterocycles. The number of hydrogen-bond acceptors (Lipinski definition) is 4. The van der Waals surface area contributed by atoms with Crippen molar-refractivity contribution >= 4 is 23.1 Å². The lowest BCUT2D eigenvalue weighted by Gasteiger charge is -2.07. The van der Waals surface area contributed by atoms with E-state index in [0.29, 0.717) is 0 Å². The summed E-state index contributed by atoms with van der Waals surface area (Å²) in [5.41, 5.74) is 0. The molecule has 15 heavy (non-hydrogen) atoms. The molecule has 1 aromatic rings. The van der Waals surface area contributed by atoms with Crippen molar-refractivity contribution in [2.45, 2.75) is 25.1 Å². The van der Waals surface area contributed by atoms with Crippen LogP contribution in [0.5, 0.6) is 5.06 Å². The zero-order chi connectivity index (χ0) is 11.1. The maximum Gasteiger partial charge on any atom is 0.173 e. The number of hydrogen-bond donors (Lipinski definition) is 1. The normalized spacial score (nSPS) is 12.7. The Hall–Kier alpha value is -0.190. The summed E-state index contributed by atoms with van der Waals surface area (Å²) in [5, 5.41) is 5.18. The van der Waals surface area contributed by atoms with Gasteiger partial charge >= 0.3 is 0 Å². The summed E-state index contributed by atoms with van der Waals surface area (Å²) >= 11 is 3.63. The van der Waals surface area contributed by atoms with Gasteiger partial charge in [0.1, 0.15) is 0 Å². The molecule has 0 saturated carbocycles. The first-order valence-corrected chi connectivity index (χ1v) is 7.23. The molecule has 0 saturated heterocycles. The molecule has 1 unspecified atom stereocenters. The van der Waals surface area contributed by atoms with Gasteiger partial charge in [0.2, 0.25) is 0 Å². The van der Waals surface area contributed by atoms with Gasteiger partial charge in [-0.25, -0.2) is 0 Å². The summed E-state index contributed by atoms with van der Waals surface area (Å²) in [6, 6.07) is 4.14. The predicted molar refractivity (Wildman–Crippen MR) is 70.2 cm³/mol. The van der Waals surface area contributed by atoms with Crippen molar-refractivity contribution in [3.05, 3.63) is 17.0 Å². The van der Waals surface area contributed by atoms with E-state index >= 15 is 0 Å². The van der Waals surface area contributed by atoms with Crippen LogP contribution >= 0.6 is 23.1 Å². The van der Waals surface area contributed by atoms with Crippen molar-refractivity contribution < 1.29 is 4.74 Å². The van der Waals surface area contributed by atoms with Gasteiger partial charge in [-0.15, -0.1) is 11.3 Å². The third-order valence-electron chi connectivity index (χ3n) is 2.27. The average molecular weight is 245 g/mol. The number of ether oxygens (including phenoxy) is 1. The van der Waals surface area contributed by atoms with Crippen LogP contribution < -0.4 is 10.1 Å². The molecule has 1 rings (SSSR count). The van der Waals surface area contributed by atoms with Gasteiger partial charge in [0.15, 0.2) is 5.06 Å². The molecule has 4 heteroatoms. The summed E-state index contributed by atoms with van der Waals surface area (Å²) in [6.07, 6.45) is 3.39. The Bertz CT molecular complexity index is 275. The molecule has 0 fully saturated rings. The maximum atomic E-state index is 5.14. The lowest BCUT2D eigenvalue weighted by atomic mass is 10.3. The molecule has 0 bridgehead atoms. The van der Waals surface area contributed by atoms with Gasteiger partial charge in [0.25, 0.3) is 0 Å². The number of nitrogens with one attached hydrogen (secondary N) is 1. The lowest BCUT2D eigenvalue weighted by Crippen LogP contribution is -2.16. The molecule has 0 amide bonds. The molecule has 0 aliphatic rings. The Balaban J connectivity index is 2.14. The van der Waals surface area contributed by atoms with E-state index in [2.05, 4.69) is 24.6 Å². The quantitative estimate of drug-likeness (QED) is 0.746. The van der Waals surface area contributed by atoms with E-state index in [1.165, 1.54) is 11.3 Å². The number of rotatable bonds is 7. The minimum Gasteiger partial charge on any atom is -0.487 e. The van der Waals surface area contributed by atoms with Crippen LogP contribution in [0.25, 0.3) is 0 Å². The van der Waals surface area contributed by atoms with E-state index in [4.69, 9.17) is 4.74 Å². The second kappa shape index (κ2) is 7.14. The van der Waals surface area contributed by atoms with Crippen LogP contribution in [0.2, 0.25) is 0 Å². The molecule has 1 aromatic heterocycles. The smallest absolute Gasteiger partial charge is 0.173 e. The SMILES string of the molecule is COc1ccc(CNCCC(C)SC)s1. The van der Waals surface area contributed by atoms with E-state index in [9.17, 15) is 0 Å². The largest absolute Gasteiger partial charge is 0.487 e. The first-order chi connectivity index (χ1) is 7.26. The van der Waals surface area contributed by atoms with Gasteiger partial charge in [0.05, 0.1) is 7.11 Å². The highest BCUT2D eigenvalue weighted by atomic mass is 32.2. The Labute approximate surface area is 100 Å². The van der Waals surface area contributed by atoms with E-state index in [-0.39, 0.29) is 0 Å². The van der Waals surface area contributed by atoms with E-state index in [0.717, 1.165) is 23.4 Å². The van der Waals surface area contributed by atoms with Gasteiger partial charge in [-0.05, 0) is 31.4 Å². The van der Waals surface area contributed by atoms with Gasteiger partial charge in [-0.2, -0.15) is 11.8 Å². The molecule has 0 aromatic carbocycles. The molecule has 1 N–H and O–H groups in total. The van der Waals surface area contributed by atoms with Crippen LogP contribution in [-0.2, 0) is 6.54 Å². The van der Waals surface area contributed by atoms with Crippen LogP contribution in [0, 0.1) is 0 Å². The molecule has 0 spiro atoms. The van der Waals surface area contributed by atoms with E-state index < -0.39 is 0 Å². The number of thiophene rings is 1. The standard InChI is InChI=1S/C11H19NOS2/c1-9(14-3)6-7-12-8-10-4-5-11(13-2)15-10/h4-5,9,12H,6-8H2,1-3H3. The van der Waals surface area contributed by atoms with Gasteiger partial charge in [-0.1, -0.05) is 6.92 Å². The van der Waals surface area contributed by atoms with Gasteiger partial charge in [-0.3, -0.25) is 0 Å². The summed E-state index contributed by atoms with van der Waals surface area (Å²) < 4.78 is 5.14. The topological polar surface area (TPSA) is 21.3 Å². The maximum absolute atomic E-state index is 5.14. The second-order valence-electron chi connectivity index (χ2n) is 3.44. The Morgan fingerprint density at radius 3 is 2.93 bits per heavy atom. The fraction of sp³-hybridized carbons (Fsp3) is 0.636. The molecule has 2 nitrogen and oxygen atoms in total. The third-order valence-corrected chi connectivity index (χ3v) is 4.35. The van der Waals surface area contributed by atoms with Crippen LogP contribution in [0.15, 0.2) is 12.1 Å². The lowest BCUT2D eigenvalue weighted by molar-refractivity contribution is 0.427. The second-order valence-corrected chi connectivity index (χ2v) is 5.84. The van der Waals surface area contributed by atoms with Crippen LogP contribution in [0.1, 0.15) is 18.2 Å². The highest BCUT2D eigenvalue weighted by Crippen LogP contribution is 2.23. The highest BCUT2D eigenvalue weighted by molar-refractivity contribution is 7.99. The number of methoxy groups -OCH3 is 1. The van der Waals surface area contributed by atoms with Crippen molar-refractivity contribution in [2.75, 3.05) is 19.9 Å². The van der Waals surface area contributed by atoms with Crippen LogP contribution in [0.4, 0.5) is 0 Å². The monoisotopic (exact) mass is 245 g/mol. The van der Waals surface area contributed by atoms with Crippen molar-refractivity contribution in [3.63, 3.8) is 0 Å². The summed E-state index contributed by atoms with van der Waals surface area (Å²) in [7, 11) is 1.71. The Morgan fingerprint density at radius 2 is 2.33 bits per heavy atom. The minimum atomic E-state index is 0.746. The summed E-state index contributed by atoms with van der Waals surface area (Å²) in [4.78, 5) is 1.34. The zero-order valence-electron chi connectivity index (χ0n) is 9.58. The van der Waals surface area contributed by atoms with Gasteiger partial charge < -0.3 is 10.1 Å². The van der Waals surface area contributed by atoms with E-state index in [1.54, 1.807) is 18.4 Å². The minimum absolute atomic E-state index is 0.746. The molecule has 1 atom stereocenters. The first kappa shape index (κ1) is 12.9. The molecular formula is C11H19NOS2. The van der Waals surface area contributed by atoms with E-state index in [1.807, 2.05) is 17.8 Å². The molecule has 0 radical (unpaired) electrons. The fourth-order valence-corrected chi connectivity index (χ4v) is 2.34. The Kier molecular flexibility index (Phi) is 6.13. The highest BCUT2D eigenvalue weighted by Gasteiger charge is 2.01. The number of thioether (sulfide) groups is 1. The van der Waals surface area contributed by atoms with Crippen molar-refractivity contribution in [1.29, 1.82) is 0 Å². The predicted octanol–water partition coefficient (Wildman–Crippen LogP) is 2.99. The average Bonchev–Trinajstić information content (AvgIpc) is 2.72. The van der Waals surface area contributed by atoms with Crippen LogP contribution in [0.3, 0.4) is 0 Å². The third kappa shape index (κ3) is 4.91. The molecule has 0 aliphatic carbocycles. The fourth-order valence-electron chi connectivity index (χ4n) is 1.20. The first-order valence-electron chi connectivity index (χ1n) is 5.12. The Morgan fingerprint density at radius 1 is 1.53 bits per heavy atom. The molecular weight excluding hydrogens is 226 g/mol. The zero-order valence-corrected chi connectivity index (χ0v) is 11.2. The van der Waals surface area contributed by atoms with Crippen molar-refractivity contribution in [3.8, 4) is 5.06 Å². The summed E-state index contributed by atoms with van der Waals surface area (Å²) in [5.74, 6) is 0.